The first-order valence-electron chi connectivity index (χ1n) is 11.6. The predicted octanol–water partition coefficient (Wildman–Crippen LogP) is 7.74. The molecular weight excluding hydrogens is 503 g/mol. The summed E-state index contributed by atoms with van der Waals surface area (Å²) in [4.78, 5) is 14.3. The van der Waals surface area contributed by atoms with Crippen LogP contribution in [0.1, 0.15) is 30.5 Å². The van der Waals surface area contributed by atoms with Crippen LogP contribution in [0.25, 0.3) is 22.0 Å². The lowest BCUT2D eigenvalue weighted by atomic mass is 9.99. The summed E-state index contributed by atoms with van der Waals surface area (Å²) < 4.78 is 47.4. The van der Waals surface area contributed by atoms with Gasteiger partial charge < -0.3 is 14.2 Å². The first-order valence-corrected chi connectivity index (χ1v) is 12.0. The number of nitriles is 1. The van der Waals surface area contributed by atoms with E-state index in [4.69, 9.17) is 16.3 Å². The number of benzene rings is 3. The molecule has 9 heteroatoms. The van der Waals surface area contributed by atoms with Crippen molar-refractivity contribution in [1.29, 1.82) is 5.26 Å². The minimum absolute atomic E-state index is 0.109. The number of carbonyl (C=O) groups excluding carboxylic acids is 1. The Morgan fingerprint density at radius 1 is 1.05 bits per heavy atom. The molecule has 0 spiro atoms. The average Bonchev–Trinajstić information content (AvgIpc) is 3.28. The monoisotopic (exact) mass is 525 g/mol. The maximum Gasteiger partial charge on any atom is 0.416 e. The fourth-order valence-corrected chi connectivity index (χ4v) is 4.36. The van der Waals surface area contributed by atoms with Crippen LogP contribution in [0.2, 0.25) is 5.02 Å². The normalized spacial score (nSPS) is 11.4. The van der Waals surface area contributed by atoms with Gasteiger partial charge in [0.05, 0.1) is 17.2 Å². The molecule has 0 fully saturated rings. The second-order valence-electron chi connectivity index (χ2n) is 8.35. The fourth-order valence-electron chi connectivity index (χ4n) is 4.18. The third kappa shape index (κ3) is 5.42. The second kappa shape index (κ2) is 10.6. The van der Waals surface area contributed by atoms with Gasteiger partial charge >= 0.3 is 12.3 Å². The summed E-state index contributed by atoms with van der Waals surface area (Å²) in [6.07, 6.45) is -3.22. The van der Waals surface area contributed by atoms with Crippen molar-refractivity contribution in [3.05, 3.63) is 88.6 Å². The number of hydrogen-bond donors (Lipinski definition) is 0. The van der Waals surface area contributed by atoms with Crippen LogP contribution in [0.15, 0.2) is 66.9 Å². The van der Waals surface area contributed by atoms with Crippen molar-refractivity contribution < 1.29 is 22.7 Å². The molecule has 0 aliphatic rings. The van der Waals surface area contributed by atoms with Gasteiger partial charge in [0.1, 0.15) is 5.75 Å². The summed E-state index contributed by atoms with van der Waals surface area (Å²) in [6.45, 7) is 4.79. The maximum absolute atomic E-state index is 13.3. The lowest BCUT2D eigenvalue weighted by Gasteiger charge is -2.20. The highest BCUT2D eigenvalue weighted by Gasteiger charge is 2.31. The smallest absolute Gasteiger partial charge is 0.410 e. The Morgan fingerprint density at radius 2 is 1.76 bits per heavy atom. The van der Waals surface area contributed by atoms with E-state index in [-0.39, 0.29) is 11.6 Å². The van der Waals surface area contributed by atoms with E-state index in [2.05, 4.69) is 6.07 Å². The molecule has 0 N–H and O–H groups in total. The van der Waals surface area contributed by atoms with Gasteiger partial charge in [-0.15, -0.1) is 0 Å². The summed E-state index contributed by atoms with van der Waals surface area (Å²) >= 11 is 6.24. The zero-order valence-corrected chi connectivity index (χ0v) is 20.9. The molecule has 190 valence electrons. The Balaban J connectivity index is 1.82. The molecule has 0 unspecified atom stereocenters. The van der Waals surface area contributed by atoms with Crippen molar-refractivity contribution in [3.63, 3.8) is 0 Å². The second-order valence-corrected chi connectivity index (χ2v) is 8.76. The number of carbonyl (C=O) groups is 1. The molecule has 0 bridgehead atoms. The number of alkyl halides is 3. The van der Waals surface area contributed by atoms with E-state index in [0.717, 1.165) is 28.6 Å². The largest absolute Gasteiger partial charge is 0.416 e. The SMILES string of the molecule is CCN(CC)C(=O)Oc1ccc2c(ccn2Cc2cc(C(F)(F)F)ccc2Cl)c1-c1ccc(C#N)cc1. The Hall–Kier alpha value is -3.96. The zero-order valence-electron chi connectivity index (χ0n) is 20.1. The highest BCUT2D eigenvalue weighted by Crippen LogP contribution is 2.39. The number of ether oxygens (including phenoxy) is 1. The van der Waals surface area contributed by atoms with Gasteiger partial charge in [-0.2, -0.15) is 18.4 Å². The van der Waals surface area contributed by atoms with Gasteiger partial charge in [-0.1, -0.05) is 23.7 Å². The summed E-state index contributed by atoms with van der Waals surface area (Å²) in [5, 5.41) is 10.1. The van der Waals surface area contributed by atoms with Crippen LogP contribution < -0.4 is 4.74 Å². The molecule has 0 radical (unpaired) electrons. The molecule has 0 aliphatic heterocycles. The van der Waals surface area contributed by atoms with Crippen LogP contribution in [0.3, 0.4) is 0 Å². The highest BCUT2D eigenvalue weighted by atomic mass is 35.5. The van der Waals surface area contributed by atoms with Crippen LogP contribution in [0.4, 0.5) is 18.0 Å². The van der Waals surface area contributed by atoms with Gasteiger partial charge in [0.2, 0.25) is 0 Å². The lowest BCUT2D eigenvalue weighted by Crippen LogP contribution is -2.33. The van der Waals surface area contributed by atoms with Gasteiger partial charge in [-0.25, -0.2) is 4.79 Å². The molecule has 0 saturated heterocycles. The Morgan fingerprint density at radius 3 is 2.38 bits per heavy atom. The Bertz CT molecular complexity index is 1480. The number of nitrogens with zero attached hydrogens (tertiary/aromatic N) is 3. The predicted molar refractivity (Wildman–Crippen MR) is 137 cm³/mol. The number of rotatable bonds is 6. The van der Waals surface area contributed by atoms with E-state index in [0.29, 0.717) is 35.5 Å². The molecule has 0 aliphatic carbocycles. The van der Waals surface area contributed by atoms with Crippen molar-refractivity contribution in [2.75, 3.05) is 13.1 Å². The van der Waals surface area contributed by atoms with Gasteiger partial charge in [-0.3, -0.25) is 0 Å². The molecule has 0 saturated carbocycles. The van der Waals surface area contributed by atoms with E-state index in [9.17, 15) is 23.2 Å². The standard InChI is InChI=1S/C28H23ClF3N3O2/c1-3-34(4-2)27(36)37-25-12-11-24-22(26(25)19-7-5-18(16-33)6-8-19)13-14-35(24)17-20-15-21(28(30,31)32)9-10-23(20)29/h5-15H,3-4,17H2,1-2H3. The summed E-state index contributed by atoms with van der Waals surface area (Å²) in [5.41, 5.74) is 2.11. The number of aromatic nitrogens is 1. The minimum atomic E-state index is -4.48. The van der Waals surface area contributed by atoms with Crippen LogP contribution in [0, 0.1) is 11.3 Å². The molecule has 1 amide bonds. The third-order valence-corrected chi connectivity index (χ3v) is 6.52. The number of fused-ring (bicyclic) bond motifs is 1. The van der Waals surface area contributed by atoms with Gasteiger partial charge in [0.25, 0.3) is 0 Å². The first-order chi connectivity index (χ1) is 17.7. The number of halogens is 4. The molecule has 4 rings (SSSR count). The molecular formula is C28H23ClF3N3O2. The summed E-state index contributed by atoms with van der Waals surface area (Å²) in [7, 11) is 0. The molecule has 1 aromatic heterocycles. The fraction of sp³-hybridized carbons (Fsp3) is 0.214. The third-order valence-electron chi connectivity index (χ3n) is 6.15. The van der Waals surface area contributed by atoms with Crippen molar-refractivity contribution in [3.8, 4) is 22.9 Å². The average molecular weight is 526 g/mol. The van der Waals surface area contributed by atoms with E-state index in [1.165, 1.54) is 6.07 Å². The van der Waals surface area contributed by atoms with Gasteiger partial charge in [-0.05, 0) is 73.5 Å². The topological polar surface area (TPSA) is 58.3 Å². The lowest BCUT2D eigenvalue weighted by molar-refractivity contribution is -0.137. The van der Waals surface area contributed by atoms with Crippen LogP contribution >= 0.6 is 11.6 Å². The van der Waals surface area contributed by atoms with Crippen LogP contribution in [-0.2, 0) is 12.7 Å². The molecule has 4 aromatic rings. The Labute approximate surface area is 217 Å². The Kier molecular flexibility index (Phi) is 7.46. The summed E-state index contributed by atoms with van der Waals surface area (Å²) in [5.74, 6) is 0.337. The number of hydrogen-bond acceptors (Lipinski definition) is 3. The van der Waals surface area contributed by atoms with E-state index < -0.39 is 17.8 Å². The van der Waals surface area contributed by atoms with Gasteiger partial charge in [0, 0.05) is 47.3 Å². The van der Waals surface area contributed by atoms with Crippen molar-refractivity contribution in [1.82, 2.24) is 9.47 Å². The molecule has 0 atom stereocenters. The van der Waals surface area contributed by atoms with Crippen molar-refractivity contribution in [2.45, 2.75) is 26.6 Å². The summed E-state index contributed by atoms with van der Waals surface area (Å²) in [6, 6.07) is 17.5. The molecule has 5 nitrogen and oxygen atoms in total. The van der Waals surface area contributed by atoms with Crippen LogP contribution in [-0.4, -0.2) is 28.6 Å². The van der Waals surface area contributed by atoms with E-state index >= 15 is 0 Å². The first kappa shape index (κ1) is 26.1. The van der Waals surface area contributed by atoms with Crippen molar-refractivity contribution >= 4 is 28.6 Å². The van der Waals surface area contributed by atoms with Crippen LogP contribution in [0.5, 0.6) is 5.75 Å². The molecule has 3 aromatic carbocycles. The van der Waals surface area contributed by atoms with E-state index in [1.807, 2.05) is 19.9 Å². The minimum Gasteiger partial charge on any atom is -0.410 e. The number of amides is 1. The highest BCUT2D eigenvalue weighted by molar-refractivity contribution is 6.31. The molecule has 37 heavy (non-hydrogen) atoms. The van der Waals surface area contributed by atoms with E-state index in [1.54, 1.807) is 52.1 Å². The quantitative estimate of drug-likeness (QED) is 0.259. The van der Waals surface area contributed by atoms with Crippen molar-refractivity contribution in [2.24, 2.45) is 0 Å². The zero-order chi connectivity index (χ0) is 26.7. The maximum atomic E-state index is 13.3. The van der Waals surface area contributed by atoms with Gasteiger partial charge in [0.15, 0.2) is 0 Å². The molecule has 1 heterocycles.